The number of halogens is 1. The van der Waals surface area contributed by atoms with Crippen molar-refractivity contribution in [1.29, 1.82) is 0 Å². The second kappa shape index (κ2) is 5.71. The van der Waals surface area contributed by atoms with E-state index in [1.165, 1.54) is 12.1 Å². The normalized spacial score (nSPS) is 10.4. The zero-order chi connectivity index (χ0) is 12.0. The first-order valence-corrected chi connectivity index (χ1v) is 4.65. The number of hydrogen-bond acceptors (Lipinski definition) is 2. The molecule has 3 nitrogen and oxygen atoms in total. The van der Waals surface area contributed by atoms with Gasteiger partial charge in [-0.25, -0.2) is 9.18 Å². The zero-order valence-corrected chi connectivity index (χ0v) is 8.74. The molecule has 0 saturated carbocycles. The molecule has 0 atom stereocenters. The number of hydrogen-bond donors (Lipinski definition) is 0. The summed E-state index contributed by atoms with van der Waals surface area (Å²) in [7, 11) is 0.123. The van der Waals surface area contributed by atoms with Crippen molar-refractivity contribution >= 4 is 18.7 Å². The summed E-state index contributed by atoms with van der Waals surface area (Å²) >= 11 is 0. The smallest absolute Gasteiger partial charge is 0.239 e. The van der Waals surface area contributed by atoms with Crippen LogP contribution in [0.4, 0.5) is 4.39 Å². The summed E-state index contributed by atoms with van der Waals surface area (Å²) in [5.41, 5.74) is 0.665. The van der Waals surface area contributed by atoms with Crippen molar-refractivity contribution in [2.75, 3.05) is 0 Å². The molecule has 0 N–H and O–H groups in total. The molecule has 0 aliphatic heterocycles. The highest BCUT2D eigenvalue weighted by molar-refractivity contribution is 6.66. The third-order valence-electron chi connectivity index (χ3n) is 2.08. The number of allylic oxidation sites excluding steroid dienone is 1. The molecule has 1 aromatic carbocycles. The Bertz CT molecular complexity index is 465. The number of benzene rings is 1. The van der Waals surface area contributed by atoms with Crippen molar-refractivity contribution in [3.63, 3.8) is 0 Å². The molecular formula is C11H9BFNO2. The number of carbonyl (C=O) groups excluding carboxylic acids is 1. The Balaban J connectivity index is 2.84. The van der Waals surface area contributed by atoms with Crippen LogP contribution in [0, 0.1) is 12.4 Å². The van der Waals surface area contributed by atoms with Gasteiger partial charge in [-0.1, -0.05) is 24.3 Å². The predicted molar refractivity (Wildman–Crippen MR) is 59.6 cm³/mol. The lowest BCUT2D eigenvalue weighted by Crippen LogP contribution is -2.24. The molecule has 0 fully saturated rings. The topological polar surface area (TPSA) is 30.7 Å². The molecule has 16 heavy (non-hydrogen) atoms. The Morgan fingerprint density at radius 1 is 1.56 bits per heavy atom. The molecule has 1 rings (SSSR count). The number of carbonyl (C=O) groups is 1. The summed E-state index contributed by atoms with van der Waals surface area (Å²) in [6.07, 6.45) is 1.51. The first kappa shape index (κ1) is 12.0. The highest BCUT2D eigenvalue weighted by Gasteiger charge is 2.17. The predicted octanol–water partition coefficient (Wildman–Crippen LogP) is 1.17. The van der Waals surface area contributed by atoms with E-state index in [1.807, 2.05) is 0 Å². The molecule has 0 aliphatic carbocycles. The average Bonchev–Trinajstić information content (AvgIpc) is 2.28. The van der Waals surface area contributed by atoms with Gasteiger partial charge in [-0.2, -0.15) is 6.57 Å². The van der Waals surface area contributed by atoms with Gasteiger partial charge in [-0.05, 0) is 23.5 Å². The SMILES string of the molecule is [C-]#[N+]OC(=O)C(Bc1ccccc1F)=CC. The van der Waals surface area contributed by atoms with Crippen molar-refractivity contribution in [3.8, 4) is 0 Å². The van der Waals surface area contributed by atoms with Crippen LogP contribution < -0.4 is 5.46 Å². The molecule has 0 unspecified atom stereocenters. The average molecular weight is 217 g/mol. The van der Waals surface area contributed by atoms with Crippen LogP contribution in [0.1, 0.15) is 6.92 Å². The van der Waals surface area contributed by atoms with E-state index in [0.717, 1.165) is 0 Å². The second-order valence-corrected chi connectivity index (χ2v) is 3.05. The minimum absolute atomic E-state index is 0.123. The first-order chi connectivity index (χ1) is 7.69. The minimum atomic E-state index is -0.735. The second-order valence-electron chi connectivity index (χ2n) is 3.05. The zero-order valence-electron chi connectivity index (χ0n) is 8.74. The maximum atomic E-state index is 13.3. The van der Waals surface area contributed by atoms with Crippen molar-refractivity contribution in [2.24, 2.45) is 0 Å². The standard InChI is InChI=1S/C11H9BFNO2/c1-3-8(11(15)16-14-2)12-9-6-4-5-7-10(9)13/h3-7,12H,1H3. The van der Waals surface area contributed by atoms with Crippen LogP contribution in [-0.4, -0.2) is 13.2 Å². The molecule has 1 aromatic rings. The molecule has 0 amide bonds. The summed E-state index contributed by atoms with van der Waals surface area (Å²) in [4.78, 5) is 15.4. The fourth-order valence-corrected chi connectivity index (χ4v) is 1.24. The van der Waals surface area contributed by atoms with Crippen LogP contribution in [0.15, 0.2) is 35.8 Å². The van der Waals surface area contributed by atoms with E-state index in [1.54, 1.807) is 25.1 Å². The van der Waals surface area contributed by atoms with Gasteiger partial charge in [0.1, 0.15) is 5.82 Å². The maximum Gasteiger partial charge on any atom is 0.413 e. The van der Waals surface area contributed by atoms with E-state index < -0.39 is 5.97 Å². The van der Waals surface area contributed by atoms with Crippen molar-refractivity contribution in [2.45, 2.75) is 6.92 Å². The molecule has 0 saturated heterocycles. The maximum absolute atomic E-state index is 13.3. The van der Waals surface area contributed by atoms with Gasteiger partial charge in [0.25, 0.3) is 0 Å². The van der Waals surface area contributed by atoms with Crippen LogP contribution >= 0.6 is 0 Å². The van der Waals surface area contributed by atoms with Gasteiger partial charge in [-0.3, -0.25) is 0 Å². The lowest BCUT2D eigenvalue weighted by molar-refractivity contribution is -0.133. The summed E-state index contributed by atoms with van der Waals surface area (Å²) in [6.45, 7) is 8.04. The van der Waals surface area contributed by atoms with E-state index in [2.05, 4.69) is 9.85 Å². The van der Waals surface area contributed by atoms with Crippen molar-refractivity contribution in [1.82, 2.24) is 0 Å². The highest BCUT2D eigenvalue weighted by Crippen LogP contribution is 2.00. The Kier molecular flexibility index (Phi) is 4.28. The summed E-state index contributed by atoms with van der Waals surface area (Å²) in [5.74, 6) is -1.11. The molecule has 0 aliphatic rings. The molecule has 0 radical (unpaired) electrons. The number of rotatable bonds is 3. The molecule has 0 spiro atoms. The Labute approximate surface area is 93.6 Å². The lowest BCUT2D eigenvalue weighted by atomic mass is 9.63. The molecule has 0 heterocycles. The minimum Gasteiger partial charge on any atom is -0.239 e. The van der Waals surface area contributed by atoms with Gasteiger partial charge in [-0.15, -0.1) is 4.84 Å². The summed E-state index contributed by atoms with van der Waals surface area (Å²) in [5, 5.41) is 2.53. The van der Waals surface area contributed by atoms with Gasteiger partial charge in [0, 0.05) is 5.47 Å². The largest absolute Gasteiger partial charge is 0.413 e. The van der Waals surface area contributed by atoms with Crippen molar-refractivity contribution < 1.29 is 14.0 Å². The van der Waals surface area contributed by atoms with E-state index in [-0.39, 0.29) is 18.6 Å². The van der Waals surface area contributed by atoms with E-state index in [9.17, 15) is 9.18 Å². The Morgan fingerprint density at radius 3 is 2.81 bits per heavy atom. The number of nitrogens with zero attached hydrogens (tertiary/aromatic N) is 1. The van der Waals surface area contributed by atoms with E-state index in [4.69, 9.17) is 6.57 Å². The molecule has 0 aromatic heterocycles. The van der Waals surface area contributed by atoms with Crippen LogP contribution in [0.5, 0.6) is 0 Å². The highest BCUT2D eigenvalue weighted by atomic mass is 19.1. The Hall–Kier alpha value is -2.09. The first-order valence-electron chi connectivity index (χ1n) is 4.65. The van der Waals surface area contributed by atoms with Gasteiger partial charge < -0.3 is 0 Å². The van der Waals surface area contributed by atoms with Crippen LogP contribution in [-0.2, 0) is 9.63 Å². The third-order valence-corrected chi connectivity index (χ3v) is 2.08. The van der Waals surface area contributed by atoms with Gasteiger partial charge in [0.05, 0.1) is 0 Å². The summed E-state index contributed by atoms with van der Waals surface area (Å²) < 4.78 is 13.3. The molecule has 80 valence electrons. The van der Waals surface area contributed by atoms with E-state index >= 15 is 0 Å². The Morgan fingerprint density at radius 2 is 2.25 bits per heavy atom. The van der Waals surface area contributed by atoms with Crippen molar-refractivity contribution in [3.05, 3.63) is 53.2 Å². The third kappa shape index (κ3) is 2.96. The molecule has 5 heteroatoms. The van der Waals surface area contributed by atoms with Gasteiger partial charge >= 0.3 is 5.97 Å². The quantitative estimate of drug-likeness (QED) is 0.329. The molecular weight excluding hydrogens is 208 g/mol. The van der Waals surface area contributed by atoms with Crippen LogP contribution in [0.3, 0.4) is 0 Å². The van der Waals surface area contributed by atoms with Gasteiger partial charge in [0.15, 0.2) is 0 Å². The van der Waals surface area contributed by atoms with E-state index in [0.29, 0.717) is 5.46 Å². The summed E-state index contributed by atoms with van der Waals surface area (Å²) in [6, 6.07) is 6.17. The fourth-order valence-electron chi connectivity index (χ4n) is 1.24. The van der Waals surface area contributed by atoms with Crippen LogP contribution in [0.2, 0.25) is 0 Å². The lowest BCUT2D eigenvalue weighted by Gasteiger charge is -2.01. The fraction of sp³-hybridized carbons (Fsp3) is 0.0909. The monoisotopic (exact) mass is 217 g/mol. The van der Waals surface area contributed by atoms with Crippen LogP contribution in [0.25, 0.3) is 5.01 Å². The molecule has 0 bridgehead atoms. The van der Waals surface area contributed by atoms with Gasteiger partial charge in [0.2, 0.25) is 7.28 Å².